The molecule has 6 rings (SSSR count). The first-order chi connectivity index (χ1) is 12.7. The molecule has 0 radical (unpaired) electrons. The van der Waals surface area contributed by atoms with E-state index in [1.54, 1.807) is 0 Å². The molecule has 1 saturated heterocycles. The molecule has 0 amide bonds. The molecule has 4 nitrogen and oxygen atoms in total. The maximum absolute atomic E-state index is 9.26. The molecule has 26 heavy (non-hydrogen) atoms. The number of hydrogen-bond acceptors (Lipinski definition) is 3. The van der Waals surface area contributed by atoms with Crippen LogP contribution in [0.2, 0.25) is 0 Å². The van der Waals surface area contributed by atoms with Crippen LogP contribution in [0.15, 0.2) is 12.3 Å². The summed E-state index contributed by atoms with van der Waals surface area (Å²) in [4.78, 5) is 5.49. The van der Waals surface area contributed by atoms with Crippen LogP contribution in [-0.4, -0.2) is 46.1 Å². The SMILES string of the molecule is CCn1cc(CN2CCN(C34CC5CC(CC(C5)C3)C4)CC2)cc1C#N. The number of piperazine rings is 1. The minimum atomic E-state index is 0.570. The molecule has 1 aromatic rings. The Morgan fingerprint density at radius 1 is 1.04 bits per heavy atom. The maximum atomic E-state index is 9.26. The second kappa shape index (κ2) is 6.39. The first-order valence-electron chi connectivity index (χ1n) is 10.7. The Bertz CT molecular complexity index is 669. The summed E-state index contributed by atoms with van der Waals surface area (Å²) in [7, 11) is 0. The van der Waals surface area contributed by atoms with E-state index in [1.807, 2.05) is 0 Å². The van der Waals surface area contributed by atoms with E-state index in [9.17, 15) is 5.26 Å². The number of hydrogen-bond donors (Lipinski definition) is 0. The highest BCUT2D eigenvalue weighted by Crippen LogP contribution is 2.57. The Hall–Kier alpha value is -1.31. The van der Waals surface area contributed by atoms with Gasteiger partial charge in [0.05, 0.1) is 0 Å². The molecule has 4 saturated carbocycles. The lowest BCUT2D eigenvalue weighted by Crippen LogP contribution is -2.63. The molecule has 140 valence electrons. The van der Waals surface area contributed by atoms with Crippen molar-refractivity contribution in [3.8, 4) is 6.07 Å². The van der Waals surface area contributed by atoms with Crippen LogP contribution in [0, 0.1) is 29.1 Å². The van der Waals surface area contributed by atoms with Gasteiger partial charge in [0, 0.05) is 51.0 Å². The van der Waals surface area contributed by atoms with Crippen molar-refractivity contribution in [2.75, 3.05) is 26.2 Å². The summed E-state index contributed by atoms with van der Waals surface area (Å²) >= 11 is 0. The fraction of sp³-hybridized carbons (Fsp3) is 0.773. The van der Waals surface area contributed by atoms with Crippen LogP contribution < -0.4 is 0 Å². The lowest BCUT2D eigenvalue weighted by atomic mass is 9.52. The zero-order chi connectivity index (χ0) is 17.7. The third-order valence-electron chi connectivity index (χ3n) is 7.86. The van der Waals surface area contributed by atoms with Gasteiger partial charge >= 0.3 is 0 Å². The van der Waals surface area contributed by atoms with Crippen LogP contribution in [0.25, 0.3) is 0 Å². The average molecular weight is 353 g/mol. The third-order valence-corrected chi connectivity index (χ3v) is 7.86. The Morgan fingerprint density at radius 3 is 2.15 bits per heavy atom. The number of nitrogens with zero attached hydrogens (tertiary/aromatic N) is 4. The molecular formula is C22H32N4. The maximum Gasteiger partial charge on any atom is 0.120 e. The molecule has 5 aliphatic rings. The van der Waals surface area contributed by atoms with Crippen molar-refractivity contribution in [3.63, 3.8) is 0 Å². The Balaban J connectivity index is 1.22. The molecule has 5 fully saturated rings. The van der Waals surface area contributed by atoms with E-state index >= 15 is 0 Å². The van der Waals surface area contributed by atoms with Gasteiger partial charge in [-0.3, -0.25) is 9.80 Å². The minimum absolute atomic E-state index is 0.570. The van der Waals surface area contributed by atoms with Crippen LogP contribution in [0.5, 0.6) is 0 Å². The molecule has 0 atom stereocenters. The first-order valence-corrected chi connectivity index (χ1v) is 10.7. The summed E-state index contributed by atoms with van der Waals surface area (Å²) in [5.74, 6) is 3.12. The molecule has 4 heteroatoms. The predicted molar refractivity (Wildman–Crippen MR) is 103 cm³/mol. The normalized spacial score (nSPS) is 37.2. The molecule has 4 aliphatic carbocycles. The summed E-state index contributed by atoms with van der Waals surface area (Å²) in [6, 6.07) is 4.40. The zero-order valence-electron chi connectivity index (χ0n) is 16.2. The number of nitriles is 1. The van der Waals surface area contributed by atoms with Crippen molar-refractivity contribution in [1.29, 1.82) is 5.26 Å². The number of aryl methyl sites for hydroxylation is 1. The molecule has 0 N–H and O–H groups in total. The second-order valence-electron chi connectivity index (χ2n) is 9.54. The number of aromatic nitrogens is 1. The standard InChI is InChI=1S/C22H32N4/c1-2-25-16-20(10-21(25)14-23)15-24-3-5-26(6-4-24)22-11-17-7-18(12-22)9-19(8-17)13-22/h10,16-19H,2-9,11-13,15H2,1H3. The Morgan fingerprint density at radius 2 is 1.65 bits per heavy atom. The van der Waals surface area contributed by atoms with Crippen molar-refractivity contribution < 1.29 is 0 Å². The van der Waals surface area contributed by atoms with E-state index in [0.717, 1.165) is 36.5 Å². The molecule has 0 spiro atoms. The van der Waals surface area contributed by atoms with Gasteiger partial charge in [0.25, 0.3) is 0 Å². The van der Waals surface area contributed by atoms with Crippen LogP contribution in [0.4, 0.5) is 0 Å². The molecule has 1 aromatic heterocycles. The minimum Gasteiger partial charge on any atom is -0.339 e. The van der Waals surface area contributed by atoms with Gasteiger partial charge in [0.1, 0.15) is 11.8 Å². The first kappa shape index (κ1) is 16.8. The van der Waals surface area contributed by atoms with Gasteiger partial charge in [-0.15, -0.1) is 0 Å². The predicted octanol–water partition coefficient (Wildman–Crippen LogP) is 3.47. The molecule has 0 aromatic carbocycles. The largest absolute Gasteiger partial charge is 0.339 e. The zero-order valence-corrected chi connectivity index (χ0v) is 16.2. The van der Waals surface area contributed by atoms with Gasteiger partial charge in [-0.25, -0.2) is 0 Å². The summed E-state index contributed by atoms with van der Waals surface area (Å²) in [6.07, 6.45) is 11.3. The topological polar surface area (TPSA) is 35.2 Å². The quantitative estimate of drug-likeness (QED) is 0.832. The molecule has 4 bridgehead atoms. The summed E-state index contributed by atoms with van der Waals surface area (Å²) in [5, 5.41) is 9.26. The summed E-state index contributed by atoms with van der Waals surface area (Å²) in [6.45, 7) is 8.83. The fourth-order valence-electron chi connectivity index (χ4n) is 7.10. The number of rotatable bonds is 4. The molecule has 0 unspecified atom stereocenters. The van der Waals surface area contributed by atoms with Crippen LogP contribution in [-0.2, 0) is 13.1 Å². The van der Waals surface area contributed by atoms with E-state index in [2.05, 4.69) is 39.6 Å². The van der Waals surface area contributed by atoms with Gasteiger partial charge in [-0.1, -0.05) is 0 Å². The molecule has 2 heterocycles. The molecule has 1 aliphatic heterocycles. The smallest absolute Gasteiger partial charge is 0.120 e. The summed E-state index contributed by atoms with van der Waals surface area (Å²) in [5.41, 5.74) is 2.67. The van der Waals surface area contributed by atoms with Gasteiger partial charge < -0.3 is 4.57 Å². The van der Waals surface area contributed by atoms with E-state index in [4.69, 9.17) is 0 Å². The monoisotopic (exact) mass is 352 g/mol. The van der Waals surface area contributed by atoms with Crippen molar-refractivity contribution in [3.05, 3.63) is 23.5 Å². The van der Waals surface area contributed by atoms with Crippen LogP contribution in [0.3, 0.4) is 0 Å². The van der Waals surface area contributed by atoms with Gasteiger partial charge in [0.15, 0.2) is 0 Å². The van der Waals surface area contributed by atoms with Gasteiger partial charge in [-0.05, 0) is 74.8 Å². The second-order valence-corrected chi connectivity index (χ2v) is 9.54. The lowest BCUT2D eigenvalue weighted by Gasteiger charge is -2.61. The van der Waals surface area contributed by atoms with Crippen molar-refractivity contribution in [2.45, 2.75) is 64.1 Å². The van der Waals surface area contributed by atoms with Gasteiger partial charge in [-0.2, -0.15) is 5.26 Å². The highest BCUT2D eigenvalue weighted by molar-refractivity contribution is 5.28. The van der Waals surface area contributed by atoms with E-state index in [0.29, 0.717) is 5.54 Å². The van der Waals surface area contributed by atoms with Crippen molar-refractivity contribution >= 4 is 0 Å². The van der Waals surface area contributed by atoms with Crippen molar-refractivity contribution in [1.82, 2.24) is 14.4 Å². The van der Waals surface area contributed by atoms with Crippen LogP contribution in [0.1, 0.15) is 56.7 Å². The highest BCUT2D eigenvalue weighted by Gasteiger charge is 2.53. The van der Waals surface area contributed by atoms with E-state index < -0.39 is 0 Å². The Kier molecular flexibility index (Phi) is 4.14. The molecular weight excluding hydrogens is 320 g/mol. The summed E-state index contributed by atoms with van der Waals surface area (Å²) < 4.78 is 2.07. The highest BCUT2D eigenvalue weighted by atomic mass is 15.3. The van der Waals surface area contributed by atoms with Crippen molar-refractivity contribution in [2.24, 2.45) is 17.8 Å². The lowest BCUT2D eigenvalue weighted by molar-refractivity contribution is -0.101. The van der Waals surface area contributed by atoms with E-state index in [-0.39, 0.29) is 0 Å². The van der Waals surface area contributed by atoms with E-state index in [1.165, 1.54) is 70.3 Å². The third kappa shape index (κ3) is 2.80. The average Bonchev–Trinajstić information content (AvgIpc) is 3.03. The van der Waals surface area contributed by atoms with Crippen LogP contribution >= 0.6 is 0 Å². The fourth-order valence-corrected chi connectivity index (χ4v) is 7.10. The van der Waals surface area contributed by atoms with Gasteiger partial charge in [0.2, 0.25) is 0 Å². The Labute approximate surface area is 157 Å².